The lowest BCUT2D eigenvalue weighted by Gasteiger charge is -2.37. The molecule has 1 N–H and O–H groups in total. The average Bonchev–Trinajstić information content (AvgIpc) is 3.01. The van der Waals surface area contributed by atoms with E-state index in [1.165, 1.54) is 0 Å². The van der Waals surface area contributed by atoms with Gasteiger partial charge in [0.05, 0.1) is 17.7 Å². The monoisotopic (exact) mass is 305 g/mol. The third-order valence-corrected chi connectivity index (χ3v) is 4.90. The molecule has 1 atom stereocenters. The van der Waals surface area contributed by atoms with Crippen LogP contribution in [0.2, 0.25) is 0 Å². The van der Waals surface area contributed by atoms with Crippen molar-refractivity contribution in [3.8, 4) is 0 Å². The van der Waals surface area contributed by atoms with E-state index in [0.29, 0.717) is 18.8 Å². The summed E-state index contributed by atoms with van der Waals surface area (Å²) in [5.74, 6) is 1.34. The maximum atomic E-state index is 11.3. The minimum absolute atomic E-state index is 0.356. The zero-order valence-electron chi connectivity index (χ0n) is 13.2. The van der Waals surface area contributed by atoms with E-state index in [4.69, 9.17) is 4.74 Å². The van der Waals surface area contributed by atoms with Gasteiger partial charge in [0.15, 0.2) is 0 Å². The minimum atomic E-state index is -0.699. The quantitative estimate of drug-likeness (QED) is 0.920. The Bertz CT molecular complexity index is 562. The van der Waals surface area contributed by atoms with E-state index in [9.17, 15) is 9.90 Å². The molecule has 0 bridgehead atoms. The highest BCUT2D eigenvalue weighted by atomic mass is 16.5. The van der Waals surface area contributed by atoms with E-state index in [2.05, 4.69) is 20.9 Å². The summed E-state index contributed by atoms with van der Waals surface area (Å²) < 4.78 is 5.45. The summed E-state index contributed by atoms with van der Waals surface area (Å²) in [6.07, 6.45) is 2.30. The van der Waals surface area contributed by atoms with Gasteiger partial charge in [-0.05, 0) is 33.1 Å². The van der Waals surface area contributed by atoms with Crippen LogP contribution in [0.3, 0.4) is 0 Å². The Morgan fingerprint density at radius 1 is 1.41 bits per heavy atom. The number of ether oxygens (including phenoxy) is 1. The summed E-state index contributed by atoms with van der Waals surface area (Å²) in [7, 11) is 0. The van der Waals surface area contributed by atoms with Crippen LogP contribution >= 0.6 is 0 Å². The lowest BCUT2D eigenvalue weighted by Crippen LogP contribution is -2.43. The molecule has 2 aliphatic rings. The molecule has 2 saturated heterocycles. The number of aryl methyl sites for hydroxylation is 1. The van der Waals surface area contributed by atoms with Gasteiger partial charge in [-0.3, -0.25) is 4.79 Å². The van der Waals surface area contributed by atoms with Crippen LogP contribution in [0.1, 0.15) is 43.6 Å². The van der Waals surface area contributed by atoms with E-state index in [1.807, 2.05) is 13.8 Å². The van der Waals surface area contributed by atoms with Gasteiger partial charge in [-0.1, -0.05) is 0 Å². The highest BCUT2D eigenvalue weighted by Crippen LogP contribution is 2.33. The highest BCUT2D eigenvalue weighted by molar-refractivity contribution is 5.74. The lowest BCUT2D eigenvalue weighted by molar-refractivity contribution is -0.149. The maximum absolute atomic E-state index is 11.3. The molecule has 0 unspecified atom stereocenters. The Kier molecular flexibility index (Phi) is 4.04. The Hall–Kier alpha value is -1.69. The van der Waals surface area contributed by atoms with Crippen LogP contribution in [-0.4, -0.2) is 47.3 Å². The highest BCUT2D eigenvalue weighted by Gasteiger charge is 2.37. The second kappa shape index (κ2) is 5.83. The maximum Gasteiger partial charge on any atom is 0.309 e. The van der Waals surface area contributed by atoms with Crippen molar-refractivity contribution in [1.82, 2.24) is 9.97 Å². The summed E-state index contributed by atoms with van der Waals surface area (Å²) >= 11 is 0. The fraction of sp³-hybridized carbons (Fsp3) is 0.688. The summed E-state index contributed by atoms with van der Waals surface area (Å²) in [5, 5.41) is 9.33. The summed E-state index contributed by atoms with van der Waals surface area (Å²) in [4.78, 5) is 22.6. The predicted molar refractivity (Wildman–Crippen MR) is 82.1 cm³/mol. The minimum Gasteiger partial charge on any atom is -0.481 e. The smallest absolute Gasteiger partial charge is 0.309 e. The van der Waals surface area contributed by atoms with Crippen LogP contribution in [0.4, 0.5) is 5.82 Å². The molecule has 1 aromatic rings. The van der Waals surface area contributed by atoms with Gasteiger partial charge in [0.25, 0.3) is 0 Å². The molecule has 0 spiro atoms. The molecule has 0 aliphatic carbocycles. The number of carboxylic acids is 1. The first-order chi connectivity index (χ1) is 10.5. The molecule has 120 valence electrons. The van der Waals surface area contributed by atoms with Crippen molar-refractivity contribution >= 4 is 11.8 Å². The Balaban J connectivity index is 1.76. The van der Waals surface area contributed by atoms with Gasteiger partial charge in [0.2, 0.25) is 0 Å². The molecule has 3 rings (SSSR count). The first-order valence-corrected chi connectivity index (χ1v) is 7.90. The Morgan fingerprint density at radius 3 is 2.73 bits per heavy atom. The van der Waals surface area contributed by atoms with E-state index < -0.39 is 11.4 Å². The average molecular weight is 305 g/mol. The van der Waals surface area contributed by atoms with Gasteiger partial charge in [0.1, 0.15) is 11.6 Å². The molecule has 6 nitrogen and oxygen atoms in total. The molecular weight excluding hydrogens is 282 g/mol. The van der Waals surface area contributed by atoms with Crippen molar-refractivity contribution in [2.75, 3.05) is 31.2 Å². The number of carboxylic acid groups (broad SMARTS) is 1. The summed E-state index contributed by atoms with van der Waals surface area (Å²) in [6.45, 7) is 6.71. The molecule has 0 radical (unpaired) electrons. The van der Waals surface area contributed by atoms with Gasteiger partial charge in [0, 0.05) is 31.7 Å². The number of hydrogen-bond donors (Lipinski definition) is 1. The first-order valence-electron chi connectivity index (χ1n) is 7.90. The zero-order chi connectivity index (χ0) is 15.7. The third-order valence-electron chi connectivity index (χ3n) is 4.90. The molecule has 0 amide bonds. The molecule has 6 heteroatoms. The standard InChI is InChI=1S/C16H23N3O3/c1-11-17-13(12-3-8-22-10-12)9-14(18-11)19-6-4-16(2,5-7-19)15(20)21/h9,12H,3-8,10H2,1-2H3,(H,20,21)/t12-/m0/s1. The van der Waals surface area contributed by atoms with E-state index in [1.54, 1.807) is 0 Å². The molecule has 3 heterocycles. The van der Waals surface area contributed by atoms with Gasteiger partial charge >= 0.3 is 5.97 Å². The molecule has 0 saturated carbocycles. The molecule has 2 fully saturated rings. The van der Waals surface area contributed by atoms with Gasteiger partial charge < -0.3 is 14.7 Å². The van der Waals surface area contributed by atoms with E-state index >= 15 is 0 Å². The van der Waals surface area contributed by atoms with Crippen LogP contribution in [0, 0.1) is 12.3 Å². The topological polar surface area (TPSA) is 75.5 Å². The molecule has 2 aliphatic heterocycles. The van der Waals surface area contributed by atoms with Crippen molar-refractivity contribution in [2.45, 2.75) is 39.0 Å². The fourth-order valence-electron chi connectivity index (χ4n) is 3.16. The van der Waals surface area contributed by atoms with Gasteiger partial charge in [-0.2, -0.15) is 0 Å². The molecule has 0 aromatic carbocycles. The number of aromatic nitrogens is 2. The Morgan fingerprint density at radius 2 is 2.14 bits per heavy atom. The number of piperidine rings is 1. The number of aliphatic carboxylic acids is 1. The van der Waals surface area contributed by atoms with Crippen molar-refractivity contribution in [3.63, 3.8) is 0 Å². The van der Waals surface area contributed by atoms with Gasteiger partial charge in [-0.15, -0.1) is 0 Å². The molecule has 22 heavy (non-hydrogen) atoms. The predicted octanol–water partition coefficient (Wildman–Crippen LogP) is 1.98. The first kappa shape index (κ1) is 15.2. The van der Waals surface area contributed by atoms with Crippen LogP contribution < -0.4 is 4.90 Å². The summed E-state index contributed by atoms with van der Waals surface area (Å²) in [5.41, 5.74) is 0.437. The van der Waals surface area contributed by atoms with Crippen molar-refractivity contribution in [1.29, 1.82) is 0 Å². The van der Waals surface area contributed by atoms with Crippen LogP contribution in [0.5, 0.6) is 0 Å². The number of carbonyl (C=O) groups is 1. The van der Waals surface area contributed by atoms with Crippen molar-refractivity contribution in [3.05, 3.63) is 17.6 Å². The number of hydrogen-bond acceptors (Lipinski definition) is 5. The number of nitrogens with zero attached hydrogens (tertiary/aromatic N) is 3. The summed E-state index contributed by atoms with van der Waals surface area (Å²) in [6, 6.07) is 2.05. The normalized spacial score (nSPS) is 24.5. The fourth-order valence-corrected chi connectivity index (χ4v) is 3.16. The second-order valence-corrected chi connectivity index (χ2v) is 6.61. The lowest BCUT2D eigenvalue weighted by atomic mass is 9.80. The number of rotatable bonds is 3. The largest absolute Gasteiger partial charge is 0.481 e. The van der Waals surface area contributed by atoms with Crippen molar-refractivity contribution < 1.29 is 14.6 Å². The SMILES string of the molecule is Cc1nc([C@H]2CCOC2)cc(N2CCC(C)(C(=O)O)CC2)n1. The number of anilines is 1. The van der Waals surface area contributed by atoms with Crippen molar-refractivity contribution in [2.24, 2.45) is 5.41 Å². The van der Waals surface area contributed by atoms with Crippen LogP contribution in [-0.2, 0) is 9.53 Å². The molecule has 1 aromatic heterocycles. The molecular formula is C16H23N3O3. The van der Waals surface area contributed by atoms with Gasteiger partial charge in [-0.25, -0.2) is 9.97 Å². The van der Waals surface area contributed by atoms with Crippen LogP contribution in [0.25, 0.3) is 0 Å². The zero-order valence-corrected chi connectivity index (χ0v) is 13.2. The third kappa shape index (κ3) is 2.92. The van der Waals surface area contributed by atoms with Crippen LogP contribution in [0.15, 0.2) is 6.07 Å². The van der Waals surface area contributed by atoms with E-state index in [0.717, 1.165) is 50.1 Å². The second-order valence-electron chi connectivity index (χ2n) is 6.61. The van der Waals surface area contributed by atoms with E-state index in [-0.39, 0.29) is 0 Å². The Labute approximate surface area is 130 Å².